The Hall–Kier alpha value is -1.94. The molecule has 92 heavy (non-hydrogen) atoms. The molecular formula is C73H142O17P2. The zero-order chi connectivity index (χ0) is 68.2. The van der Waals surface area contributed by atoms with Crippen LogP contribution < -0.4 is 0 Å². The fourth-order valence-electron chi connectivity index (χ4n) is 11.0. The van der Waals surface area contributed by atoms with E-state index in [0.717, 1.165) is 114 Å². The van der Waals surface area contributed by atoms with Gasteiger partial charge in [0, 0.05) is 25.7 Å². The van der Waals surface area contributed by atoms with E-state index < -0.39 is 97.5 Å². The zero-order valence-electron chi connectivity index (χ0n) is 60.2. The first-order valence-electron chi connectivity index (χ1n) is 37.8. The lowest BCUT2D eigenvalue weighted by Crippen LogP contribution is -2.30. The van der Waals surface area contributed by atoms with Crippen molar-refractivity contribution in [1.29, 1.82) is 0 Å². The normalized spacial score (nSPS) is 14.8. The standard InChI is InChI=1S/C73H142O17P2/c1-9-65(7)51-43-35-26-23-24-27-37-45-53-70(75)83-59-69(90-73(78)56-48-40-31-29-34-42-50-64(5)6)62-88-92(81,82)86-58-67(74)57-85-91(79,80)87-61-68(60-84-71(76)54-46-38-32-30-36-44-52-66(8)10-2)89-72(77)55-47-39-28-22-20-18-16-14-12-11-13-15-17-19-21-25-33-41-49-63(3)4/h63-69,74H,9-62H2,1-8H3,(H,79,80)(H,81,82)/t65?,66?,67-,68+,69+/m0/s1. The summed E-state index contributed by atoms with van der Waals surface area (Å²) in [4.78, 5) is 72.6. The maximum atomic E-state index is 13.0. The number of ether oxygens (including phenoxy) is 4. The Morgan fingerprint density at radius 2 is 0.522 bits per heavy atom. The summed E-state index contributed by atoms with van der Waals surface area (Å²) in [6.07, 6.45) is 46.1. The molecule has 0 aliphatic heterocycles. The number of phosphoric acid groups is 2. The highest BCUT2D eigenvalue weighted by Gasteiger charge is 2.30. The average molecular weight is 1350 g/mol. The molecule has 3 N–H and O–H groups in total. The van der Waals surface area contributed by atoms with Crippen molar-refractivity contribution in [3.8, 4) is 0 Å². The van der Waals surface area contributed by atoms with Gasteiger partial charge in [0.05, 0.1) is 26.4 Å². The lowest BCUT2D eigenvalue weighted by Gasteiger charge is -2.21. The highest BCUT2D eigenvalue weighted by Crippen LogP contribution is 2.45. The lowest BCUT2D eigenvalue weighted by atomic mass is 9.99. The molecule has 0 aromatic rings. The molecule has 0 radical (unpaired) electrons. The first kappa shape index (κ1) is 90.1. The minimum atomic E-state index is -4.95. The van der Waals surface area contributed by atoms with Gasteiger partial charge in [-0.15, -0.1) is 0 Å². The fourth-order valence-corrected chi connectivity index (χ4v) is 12.5. The number of unbranched alkanes of at least 4 members (excludes halogenated alkanes) is 34. The third-order valence-electron chi connectivity index (χ3n) is 17.5. The number of hydrogen-bond acceptors (Lipinski definition) is 15. The molecule has 0 heterocycles. The Labute approximate surface area is 562 Å². The molecule has 0 aliphatic carbocycles. The Bertz CT molecular complexity index is 1820. The van der Waals surface area contributed by atoms with Gasteiger partial charge in [0.1, 0.15) is 19.3 Å². The average Bonchev–Trinajstić information content (AvgIpc) is 1.53. The predicted octanol–water partition coefficient (Wildman–Crippen LogP) is 20.9. The summed E-state index contributed by atoms with van der Waals surface area (Å²) in [6.45, 7) is 14.1. The number of carbonyl (C=O) groups excluding carboxylic acids is 4. The van der Waals surface area contributed by atoms with Crippen LogP contribution in [0.25, 0.3) is 0 Å². The van der Waals surface area contributed by atoms with Gasteiger partial charge in [-0.1, -0.05) is 312 Å². The maximum Gasteiger partial charge on any atom is 0.472 e. The van der Waals surface area contributed by atoms with Crippen LogP contribution in [-0.2, 0) is 65.4 Å². The van der Waals surface area contributed by atoms with Crippen LogP contribution in [0.15, 0.2) is 0 Å². The molecule has 0 rings (SSSR count). The first-order valence-corrected chi connectivity index (χ1v) is 40.8. The summed E-state index contributed by atoms with van der Waals surface area (Å²) in [6, 6.07) is 0. The molecule has 4 unspecified atom stereocenters. The van der Waals surface area contributed by atoms with Crippen LogP contribution in [0.4, 0.5) is 0 Å². The minimum Gasteiger partial charge on any atom is -0.462 e. The van der Waals surface area contributed by atoms with Crippen LogP contribution >= 0.6 is 15.6 Å². The smallest absolute Gasteiger partial charge is 0.462 e. The topological polar surface area (TPSA) is 237 Å². The summed E-state index contributed by atoms with van der Waals surface area (Å²) in [5, 5.41) is 10.6. The van der Waals surface area contributed by atoms with E-state index in [-0.39, 0.29) is 25.7 Å². The van der Waals surface area contributed by atoms with E-state index in [9.17, 15) is 43.2 Å². The number of esters is 4. The highest BCUT2D eigenvalue weighted by molar-refractivity contribution is 7.47. The van der Waals surface area contributed by atoms with Crippen LogP contribution in [0, 0.1) is 23.7 Å². The van der Waals surface area contributed by atoms with Gasteiger partial charge in [0.2, 0.25) is 0 Å². The van der Waals surface area contributed by atoms with E-state index in [1.54, 1.807) is 0 Å². The molecule has 0 saturated heterocycles. The first-order chi connectivity index (χ1) is 44.2. The molecule has 17 nitrogen and oxygen atoms in total. The second-order valence-corrected chi connectivity index (χ2v) is 30.7. The van der Waals surface area contributed by atoms with Gasteiger partial charge in [-0.3, -0.25) is 37.3 Å². The molecule has 0 aliphatic rings. The van der Waals surface area contributed by atoms with Crippen molar-refractivity contribution in [1.82, 2.24) is 0 Å². The van der Waals surface area contributed by atoms with Crippen LogP contribution in [0.1, 0.15) is 364 Å². The number of aliphatic hydroxyl groups is 1. The van der Waals surface area contributed by atoms with Crippen molar-refractivity contribution in [3.05, 3.63) is 0 Å². The molecule has 0 spiro atoms. The Balaban J connectivity index is 5.16. The molecule has 0 aromatic heterocycles. The monoisotopic (exact) mass is 1350 g/mol. The van der Waals surface area contributed by atoms with Crippen molar-refractivity contribution in [2.45, 2.75) is 382 Å². The fraction of sp³-hybridized carbons (Fsp3) is 0.945. The second kappa shape index (κ2) is 62.6. The zero-order valence-corrected chi connectivity index (χ0v) is 62.0. The number of aliphatic hydroxyl groups excluding tert-OH is 1. The van der Waals surface area contributed by atoms with E-state index in [1.807, 2.05) is 0 Å². The van der Waals surface area contributed by atoms with Gasteiger partial charge in [0.25, 0.3) is 0 Å². The van der Waals surface area contributed by atoms with Crippen molar-refractivity contribution in [2.75, 3.05) is 39.6 Å². The SMILES string of the molecule is CCC(C)CCCCCCCCCCC(=O)OC[C@H](COP(=O)(O)OC[C@@H](O)COP(=O)(O)OC[C@@H](COC(=O)CCCCCCCCC(C)CC)OC(=O)CCCCCCCCCCCCCCCCCCCCC(C)C)OC(=O)CCCCCCCCC(C)C. The predicted molar refractivity (Wildman–Crippen MR) is 372 cm³/mol. The highest BCUT2D eigenvalue weighted by atomic mass is 31.2. The summed E-state index contributed by atoms with van der Waals surface area (Å²) in [5.41, 5.74) is 0. The van der Waals surface area contributed by atoms with Gasteiger partial charge in [-0.05, 0) is 49.4 Å². The molecule has 0 bridgehead atoms. The van der Waals surface area contributed by atoms with Gasteiger partial charge in [0.15, 0.2) is 12.2 Å². The van der Waals surface area contributed by atoms with Crippen molar-refractivity contribution in [2.24, 2.45) is 23.7 Å². The second-order valence-electron chi connectivity index (χ2n) is 27.8. The summed E-state index contributed by atoms with van der Waals surface area (Å²) in [7, 11) is -9.90. The van der Waals surface area contributed by atoms with Crippen LogP contribution in [0.5, 0.6) is 0 Å². The quantitative estimate of drug-likeness (QED) is 0.0222. The minimum absolute atomic E-state index is 0.101. The Morgan fingerprint density at radius 3 is 0.772 bits per heavy atom. The Morgan fingerprint density at radius 1 is 0.304 bits per heavy atom. The molecule has 0 amide bonds. The molecule has 0 saturated carbocycles. The third-order valence-corrected chi connectivity index (χ3v) is 19.4. The van der Waals surface area contributed by atoms with Gasteiger partial charge >= 0.3 is 39.5 Å². The summed E-state index contributed by atoms with van der Waals surface area (Å²) < 4.78 is 68.3. The van der Waals surface area contributed by atoms with Gasteiger partial charge in [-0.2, -0.15) is 0 Å². The van der Waals surface area contributed by atoms with Crippen LogP contribution in [0.3, 0.4) is 0 Å². The van der Waals surface area contributed by atoms with Crippen molar-refractivity contribution < 1.29 is 80.2 Å². The van der Waals surface area contributed by atoms with E-state index >= 15 is 0 Å². The number of hydrogen-bond donors (Lipinski definition) is 3. The molecule has 546 valence electrons. The Kier molecular flexibility index (Phi) is 61.3. The molecule has 0 fully saturated rings. The van der Waals surface area contributed by atoms with E-state index in [4.69, 9.17) is 37.0 Å². The van der Waals surface area contributed by atoms with E-state index in [2.05, 4.69) is 55.4 Å². The van der Waals surface area contributed by atoms with Crippen LogP contribution in [0.2, 0.25) is 0 Å². The number of carbonyl (C=O) groups is 4. The van der Waals surface area contributed by atoms with Crippen LogP contribution in [-0.4, -0.2) is 96.7 Å². The number of rotatable bonds is 70. The maximum absolute atomic E-state index is 13.0. The lowest BCUT2D eigenvalue weighted by molar-refractivity contribution is -0.161. The molecule has 19 heteroatoms. The van der Waals surface area contributed by atoms with Crippen molar-refractivity contribution >= 4 is 39.5 Å². The van der Waals surface area contributed by atoms with Gasteiger partial charge < -0.3 is 33.8 Å². The largest absolute Gasteiger partial charge is 0.472 e. The van der Waals surface area contributed by atoms with E-state index in [1.165, 1.54) is 161 Å². The van der Waals surface area contributed by atoms with E-state index in [0.29, 0.717) is 31.6 Å². The number of phosphoric ester groups is 2. The summed E-state index contributed by atoms with van der Waals surface area (Å²) >= 11 is 0. The third kappa shape index (κ3) is 64.1. The molecule has 0 aromatic carbocycles. The van der Waals surface area contributed by atoms with Crippen molar-refractivity contribution in [3.63, 3.8) is 0 Å². The summed E-state index contributed by atoms with van der Waals surface area (Å²) in [5.74, 6) is 0.866. The van der Waals surface area contributed by atoms with Gasteiger partial charge in [-0.25, -0.2) is 9.13 Å². The molecule has 7 atom stereocenters. The molecular weight excluding hydrogens is 1210 g/mol.